The molecule has 5 heteroatoms. The van der Waals surface area contributed by atoms with E-state index in [1.54, 1.807) is 18.2 Å². The Morgan fingerprint density at radius 2 is 2.05 bits per heavy atom. The first-order valence-corrected chi connectivity index (χ1v) is 6.78. The Hall–Kier alpha value is -2.43. The monoisotopic (exact) mass is 288 g/mol. The highest BCUT2D eigenvalue weighted by Gasteiger charge is 2.17. The van der Waals surface area contributed by atoms with Gasteiger partial charge in [0, 0.05) is 6.07 Å². The molecule has 0 radical (unpaired) electrons. The van der Waals surface area contributed by atoms with Gasteiger partial charge in [-0.2, -0.15) is 0 Å². The third-order valence-electron chi connectivity index (χ3n) is 3.34. The van der Waals surface area contributed by atoms with Crippen LogP contribution in [-0.4, -0.2) is 4.92 Å². The Labute approximate surface area is 122 Å². The zero-order valence-electron chi connectivity index (χ0n) is 12.0. The molecular weight excluding hydrogens is 271 g/mol. The maximum atomic E-state index is 13.3. The van der Waals surface area contributed by atoms with Crippen LogP contribution in [0.4, 0.5) is 15.8 Å². The standard InChI is InChI=1S/C16H17FN2O2/c1-3-14(12-5-4-6-13(17)10-12)18-15-9-11(2)7-8-16(15)19(20)21/h4-10,14,18H,3H2,1-2H3. The number of rotatable bonds is 5. The van der Waals surface area contributed by atoms with E-state index in [4.69, 9.17) is 0 Å². The molecule has 0 amide bonds. The number of nitrogens with zero attached hydrogens (tertiary/aromatic N) is 1. The molecule has 4 nitrogen and oxygen atoms in total. The van der Waals surface area contributed by atoms with Crippen molar-refractivity contribution in [3.63, 3.8) is 0 Å². The van der Waals surface area contributed by atoms with Crippen molar-refractivity contribution in [3.05, 3.63) is 69.5 Å². The Kier molecular flexibility index (Phi) is 4.52. The molecule has 1 N–H and O–H groups in total. The van der Waals surface area contributed by atoms with Crippen LogP contribution in [0.25, 0.3) is 0 Å². The third kappa shape index (κ3) is 3.56. The number of halogens is 1. The summed E-state index contributed by atoms with van der Waals surface area (Å²) in [5, 5.41) is 14.3. The zero-order valence-corrected chi connectivity index (χ0v) is 12.0. The van der Waals surface area contributed by atoms with Crippen molar-refractivity contribution in [1.82, 2.24) is 0 Å². The maximum Gasteiger partial charge on any atom is 0.292 e. The van der Waals surface area contributed by atoms with Crippen molar-refractivity contribution in [2.75, 3.05) is 5.32 Å². The first-order valence-electron chi connectivity index (χ1n) is 6.78. The lowest BCUT2D eigenvalue weighted by Crippen LogP contribution is -2.11. The lowest BCUT2D eigenvalue weighted by molar-refractivity contribution is -0.384. The second-order valence-electron chi connectivity index (χ2n) is 4.94. The molecule has 2 aromatic carbocycles. The van der Waals surface area contributed by atoms with Gasteiger partial charge < -0.3 is 5.32 Å². The van der Waals surface area contributed by atoms with Crippen LogP contribution in [0.3, 0.4) is 0 Å². The van der Waals surface area contributed by atoms with Crippen molar-refractivity contribution in [2.24, 2.45) is 0 Å². The minimum Gasteiger partial charge on any atom is -0.373 e. The van der Waals surface area contributed by atoms with Gasteiger partial charge in [0.25, 0.3) is 5.69 Å². The van der Waals surface area contributed by atoms with E-state index in [1.165, 1.54) is 18.2 Å². The SMILES string of the molecule is CCC(Nc1cc(C)ccc1[N+](=O)[O-])c1cccc(F)c1. The molecule has 1 atom stereocenters. The van der Waals surface area contributed by atoms with E-state index in [0.717, 1.165) is 11.1 Å². The quantitative estimate of drug-likeness (QED) is 0.646. The smallest absolute Gasteiger partial charge is 0.292 e. The first-order chi connectivity index (χ1) is 10.0. The van der Waals surface area contributed by atoms with Crippen molar-refractivity contribution in [1.29, 1.82) is 0 Å². The number of nitrogens with one attached hydrogen (secondary N) is 1. The lowest BCUT2D eigenvalue weighted by atomic mass is 10.0. The molecule has 0 spiro atoms. The van der Waals surface area contributed by atoms with E-state index < -0.39 is 4.92 Å². The van der Waals surface area contributed by atoms with Gasteiger partial charge >= 0.3 is 0 Å². The van der Waals surface area contributed by atoms with Crippen LogP contribution in [0.15, 0.2) is 42.5 Å². The van der Waals surface area contributed by atoms with E-state index in [1.807, 2.05) is 19.9 Å². The summed E-state index contributed by atoms with van der Waals surface area (Å²) in [5.74, 6) is -0.313. The Balaban J connectivity index is 2.34. The second kappa shape index (κ2) is 6.35. The van der Waals surface area contributed by atoms with Crippen LogP contribution >= 0.6 is 0 Å². The number of nitro benzene ring substituents is 1. The van der Waals surface area contributed by atoms with E-state index in [-0.39, 0.29) is 17.5 Å². The Bertz CT molecular complexity index is 658. The van der Waals surface area contributed by atoms with Gasteiger partial charge in [-0.1, -0.05) is 25.1 Å². The van der Waals surface area contributed by atoms with Crippen LogP contribution in [0.5, 0.6) is 0 Å². The summed E-state index contributed by atoms with van der Waals surface area (Å²) >= 11 is 0. The lowest BCUT2D eigenvalue weighted by Gasteiger charge is -2.19. The highest BCUT2D eigenvalue weighted by molar-refractivity contribution is 5.63. The van der Waals surface area contributed by atoms with Crippen molar-refractivity contribution in [2.45, 2.75) is 26.3 Å². The molecule has 0 fully saturated rings. The first kappa shape index (κ1) is 15.0. The molecule has 0 aliphatic heterocycles. The summed E-state index contributed by atoms with van der Waals surface area (Å²) < 4.78 is 13.3. The normalized spacial score (nSPS) is 12.0. The summed E-state index contributed by atoms with van der Waals surface area (Å²) in [7, 11) is 0. The van der Waals surface area contributed by atoms with E-state index in [0.29, 0.717) is 12.1 Å². The molecule has 2 rings (SSSR count). The van der Waals surface area contributed by atoms with Gasteiger partial charge in [-0.15, -0.1) is 0 Å². The molecule has 0 aromatic heterocycles. The molecule has 21 heavy (non-hydrogen) atoms. The molecule has 0 saturated heterocycles. The van der Waals surface area contributed by atoms with Crippen molar-refractivity contribution in [3.8, 4) is 0 Å². The molecule has 0 saturated carbocycles. The van der Waals surface area contributed by atoms with Crippen LogP contribution in [-0.2, 0) is 0 Å². The minimum atomic E-state index is -0.417. The molecule has 110 valence electrons. The molecule has 0 heterocycles. The topological polar surface area (TPSA) is 55.2 Å². The number of benzene rings is 2. The molecular formula is C16H17FN2O2. The van der Waals surface area contributed by atoms with E-state index >= 15 is 0 Å². The van der Waals surface area contributed by atoms with Gasteiger partial charge in [-0.3, -0.25) is 10.1 Å². The largest absolute Gasteiger partial charge is 0.373 e. The number of nitro groups is 1. The van der Waals surface area contributed by atoms with Crippen molar-refractivity contribution < 1.29 is 9.31 Å². The minimum absolute atomic E-state index is 0.0236. The molecule has 2 aromatic rings. The zero-order chi connectivity index (χ0) is 15.4. The van der Waals surface area contributed by atoms with Gasteiger partial charge in [0.15, 0.2) is 0 Å². The fourth-order valence-electron chi connectivity index (χ4n) is 2.26. The van der Waals surface area contributed by atoms with E-state index in [2.05, 4.69) is 5.32 Å². The highest BCUT2D eigenvalue weighted by atomic mass is 19.1. The fourth-order valence-corrected chi connectivity index (χ4v) is 2.26. The summed E-state index contributed by atoms with van der Waals surface area (Å²) in [6.07, 6.45) is 0.689. The summed E-state index contributed by atoms with van der Waals surface area (Å²) in [5.41, 5.74) is 2.18. The summed E-state index contributed by atoms with van der Waals surface area (Å²) in [4.78, 5) is 10.7. The van der Waals surface area contributed by atoms with Crippen LogP contribution in [0.2, 0.25) is 0 Å². The Morgan fingerprint density at radius 3 is 2.67 bits per heavy atom. The molecule has 1 unspecified atom stereocenters. The molecule has 0 aliphatic rings. The van der Waals surface area contributed by atoms with Gasteiger partial charge in [0.05, 0.1) is 11.0 Å². The Morgan fingerprint density at radius 1 is 1.29 bits per heavy atom. The number of hydrogen-bond donors (Lipinski definition) is 1. The van der Waals surface area contributed by atoms with E-state index in [9.17, 15) is 14.5 Å². The van der Waals surface area contributed by atoms with Crippen LogP contribution < -0.4 is 5.32 Å². The number of anilines is 1. The molecule has 0 bridgehead atoms. The van der Waals surface area contributed by atoms with Gasteiger partial charge in [0.2, 0.25) is 0 Å². The maximum absolute atomic E-state index is 13.3. The fraction of sp³-hybridized carbons (Fsp3) is 0.250. The van der Waals surface area contributed by atoms with Gasteiger partial charge in [-0.05, 0) is 42.7 Å². The highest BCUT2D eigenvalue weighted by Crippen LogP contribution is 2.30. The third-order valence-corrected chi connectivity index (χ3v) is 3.34. The van der Waals surface area contributed by atoms with Gasteiger partial charge in [0.1, 0.15) is 11.5 Å². The number of aryl methyl sites for hydroxylation is 1. The summed E-state index contributed by atoms with van der Waals surface area (Å²) in [6, 6.07) is 11.0. The van der Waals surface area contributed by atoms with Crippen molar-refractivity contribution >= 4 is 11.4 Å². The number of hydrogen-bond acceptors (Lipinski definition) is 3. The predicted octanol–water partition coefficient (Wildman–Crippen LogP) is 4.61. The second-order valence-corrected chi connectivity index (χ2v) is 4.94. The van der Waals surface area contributed by atoms with Gasteiger partial charge in [-0.25, -0.2) is 4.39 Å². The predicted molar refractivity (Wildman–Crippen MR) is 80.9 cm³/mol. The summed E-state index contributed by atoms with van der Waals surface area (Å²) in [6.45, 7) is 3.82. The van der Waals surface area contributed by atoms with Crippen LogP contribution in [0.1, 0.15) is 30.5 Å². The van der Waals surface area contributed by atoms with Crippen LogP contribution in [0, 0.1) is 22.9 Å². The average molecular weight is 288 g/mol. The molecule has 0 aliphatic carbocycles. The average Bonchev–Trinajstić information content (AvgIpc) is 2.44.